The second-order valence-corrected chi connectivity index (χ2v) is 5.40. The van der Waals surface area contributed by atoms with Crippen LogP contribution in [0.1, 0.15) is 56.7 Å². The lowest BCUT2D eigenvalue weighted by Crippen LogP contribution is -2.27. The largest absolute Gasteiger partial charge is 0.304 e. The van der Waals surface area contributed by atoms with Crippen molar-refractivity contribution in [3.05, 3.63) is 35.4 Å². The Kier molecular flexibility index (Phi) is 5.56. The molecular weight excluding hydrogens is 262 g/mol. The van der Waals surface area contributed by atoms with Crippen molar-refractivity contribution in [3.63, 3.8) is 0 Å². The van der Waals surface area contributed by atoms with Crippen LogP contribution in [-0.2, 0) is 20.0 Å². The van der Waals surface area contributed by atoms with Gasteiger partial charge in [-0.05, 0) is 37.9 Å². The van der Waals surface area contributed by atoms with Crippen LogP contribution in [0.15, 0.2) is 18.3 Å². The van der Waals surface area contributed by atoms with E-state index in [1.165, 1.54) is 11.4 Å². The van der Waals surface area contributed by atoms with E-state index in [0.717, 1.165) is 38.0 Å². The first kappa shape index (κ1) is 15.8. The van der Waals surface area contributed by atoms with Gasteiger partial charge in [-0.1, -0.05) is 20.8 Å². The molecule has 0 amide bonds. The summed E-state index contributed by atoms with van der Waals surface area (Å²) in [5.74, 6) is 0. The molecular formula is C16H27N5. The van der Waals surface area contributed by atoms with Crippen molar-refractivity contribution in [3.8, 4) is 0 Å². The zero-order valence-corrected chi connectivity index (χ0v) is 13.6. The van der Waals surface area contributed by atoms with Crippen LogP contribution in [0.5, 0.6) is 0 Å². The fraction of sp³-hybridized carbons (Fsp3) is 0.625. The number of rotatable bonds is 8. The van der Waals surface area contributed by atoms with E-state index in [1.54, 1.807) is 0 Å². The van der Waals surface area contributed by atoms with E-state index in [-0.39, 0.29) is 6.04 Å². The molecule has 5 nitrogen and oxygen atoms in total. The Hall–Kier alpha value is -1.62. The summed E-state index contributed by atoms with van der Waals surface area (Å²) in [6.07, 6.45) is 5.04. The first-order chi connectivity index (χ1) is 10.2. The SMILES string of the molecule is CCCNC(c1cc(CC)nn1C)c1ccnn1CCC. The van der Waals surface area contributed by atoms with E-state index in [1.807, 2.05) is 17.9 Å². The van der Waals surface area contributed by atoms with Crippen LogP contribution in [0.2, 0.25) is 0 Å². The second kappa shape index (κ2) is 7.41. The Morgan fingerprint density at radius 3 is 2.62 bits per heavy atom. The highest BCUT2D eigenvalue weighted by Crippen LogP contribution is 2.23. The van der Waals surface area contributed by atoms with Crippen molar-refractivity contribution in [2.45, 2.75) is 52.6 Å². The molecule has 0 aliphatic heterocycles. The van der Waals surface area contributed by atoms with Gasteiger partial charge in [0.15, 0.2) is 0 Å². The maximum Gasteiger partial charge on any atom is 0.0918 e. The summed E-state index contributed by atoms with van der Waals surface area (Å²) >= 11 is 0. The molecule has 1 atom stereocenters. The third-order valence-electron chi connectivity index (χ3n) is 3.70. The molecule has 0 fully saturated rings. The predicted molar refractivity (Wildman–Crippen MR) is 85.2 cm³/mol. The molecule has 21 heavy (non-hydrogen) atoms. The van der Waals surface area contributed by atoms with Crippen LogP contribution < -0.4 is 5.32 Å². The third kappa shape index (κ3) is 3.53. The fourth-order valence-electron chi connectivity index (χ4n) is 2.62. The average molecular weight is 289 g/mol. The maximum absolute atomic E-state index is 4.59. The molecule has 1 unspecified atom stereocenters. The first-order valence-corrected chi connectivity index (χ1v) is 7.99. The topological polar surface area (TPSA) is 47.7 Å². The van der Waals surface area contributed by atoms with E-state index in [4.69, 9.17) is 0 Å². The summed E-state index contributed by atoms with van der Waals surface area (Å²) in [6.45, 7) is 8.44. The Balaban J connectivity index is 2.37. The predicted octanol–water partition coefficient (Wildman–Crippen LogP) is 2.68. The Bertz CT molecular complexity index is 555. The summed E-state index contributed by atoms with van der Waals surface area (Å²) in [4.78, 5) is 0. The molecule has 5 heteroatoms. The molecule has 0 aliphatic rings. The van der Waals surface area contributed by atoms with E-state index >= 15 is 0 Å². The molecule has 0 spiro atoms. The van der Waals surface area contributed by atoms with E-state index in [9.17, 15) is 0 Å². The van der Waals surface area contributed by atoms with Crippen LogP contribution in [0.3, 0.4) is 0 Å². The minimum Gasteiger partial charge on any atom is -0.304 e. The van der Waals surface area contributed by atoms with Gasteiger partial charge in [0.2, 0.25) is 0 Å². The minimum atomic E-state index is 0.150. The van der Waals surface area contributed by atoms with E-state index in [2.05, 4.69) is 53.1 Å². The van der Waals surface area contributed by atoms with Crippen LogP contribution in [-0.4, -0.2) is 26.1 Å². The smallest absolute Gasteiger partial charge is 0.0918 e. The quantitative estimate of drug-likeness (QED) is 0.813. The van der Waals surface area contributed by atoms with Crippen LogP contribution in [0, 0.1) is 0 Å². The standard InChI is InChI=1S/C16H27N5/c1-5-9-17-16(14-8-10-18-21(14)11-6-2)15-12-13(7-3)19-20(15)4/h8,10,12,16-17H,5-7,9,11H2,1-4H3. The third-order valence-corrected chi connectivity index (χ3v) is 3.70. The Morgan fingerprint density at radius 1 is 1.19 bits per heavy atom. The molecule has 1 N–H and O–H groups in total. The fourth-order valence-corrected chi connectivity index (χ4v) is 2.62. The van der Waals surface area contributed by atoms with Gasteiger partial charge in [0, 0.05) is 19.8 Å². The van der Waals surface area contributed by atoms with Crippen LogP contribution >= 0.6 is 0 Å². The van der Waals surface area contributed by atoms with Gasteiger partial charge in [-0.3, -0.25) is 9.36 Å². The van der Waals surface area contributed by atoms with E-state index < -0.39 is 0 Å². The normalized spacial score (nSPS) is 12.8. The molecule has 0 saturated heterocycles. The molecule has 2 aromatic rings. The second-order valence-electron chi connectivity index (χ2n) is 5.40. The highest BCUT2D eigenvalue weighted by Gasteiger charge is 2.21. The minimum absolute atomic E-state index is 0.150. The summed E-state index contributed by atoms with van der Waals surface area (Å²) in [7, 11) is 2.02. The summed E-state index contributed by atoms with van der Waals surface area (Å²) in [5, 5.41) is 12.7. The van der Waals surface area contributed by atoms with Crippen molar-refractivity contribution in [1.82, 2.24) is 24.9 Å². The highest BCUT2D eigenvalue weighted by atomic mass is 15.3. The zero-order chi connectivity index (χ0) is 15.2. The van der Waals surface area contributed by atoms with E-state index in [0.29, 0.717) is 0 Å². The van der Waals surface area contributed by atoms with Gasteiger partial charge in [0.25, 0.3) is 0 Å². The zero-order valence-electron chi connectivity index (χ0n) is 13.6. The van der Waals surface area contributed by atoms with Gasteiger partial charge >= 0.3 is 0 Å². The van der Waals surface area contributed by atoms with Gasteiger partial charge in [0.1, 0.15) is 0 Å². The lowest BCUT2D eigenvalue weighted by molar-refractivity contribution is 0.491. The van der Waals surface area contributed by atoms with Crippen molar-refractivity contribution in [2.75, 3.05) is 6.54 Å². The van der Waals surface area contributed by atoms with Crippen molar-refractivity contribution in [2.24, 2.45) is 7.05 Å². The summed E-state index contributed by atoms with van der Waals surface area (Å²) in [6, 6.07) is 4.47. The number of aromatic nitrogens is 4. The Labute approximate surface area is 127 Å². The number of hydrogen-bond donors (Lipinski definition) is 1. The lowest BCUT2D eigenvalue weighted by atomic mass is 10.1. The molecule has 0 aromatic carbocycles. The van der Waals surface area contributed by atoms with Gasteiger partial charge in [-0.15, -0.1) is 0 Å². The van der Waals surface area contributed by atoms with Gasteiger partial charge in [0.05, 0.1) is 23.1 Å². The number of aryl methyl sites for hydroxylation is 3. The lowest BCUT2D eigenvalue weighted by Gasteiger charge is -2.20. The summed E-state index contributed by atoms with van der Waals surface area (Å²) in [5.41, 5.74) is 3.56. The molecule has 0 bridgehead atoms. The summed E-state index contributed by atoms with van der Waals surface area (Å²) < 4.78 is 4.10. The van der Waals surface area contributed by atoms with Crippen molar-refractivity contribution in [1.29, 1.82) is 0 Å². The van der Waals surface area contributed by atoms with Gasteiger partial charge in [-0.25, -0.2) is 0 Å². The van der Waals surface area contributed by atoms with Crippen molar-refractivity contribution < 1.29 is 0 Å². The molecule has 2 aromatic heterocycles. The molecule has 2 heterocycles. The molecule has 0 radical (unpaired) electrons. The monoisotopic (exact) mass is 289 g/mol. The molecule has 0 saturated carbocycles. The number of hydrogen-bond acceptors (Lipinski definition) is 3. The highest BCUT2D eigenvalue weighted by molar-refractivity contribution is 5.24. The molecule has 116 valence electrons. The first-order valence-electron chi connectivity index (χ1n) is 7.99. The number of nitrogens with one attached hydrogen (secondary N) is 1. The maximum atomic E-state index is 4.59. The van der Waals surface area contributed by atoms with Crippen molar-refractivity contribution >= 4 is 0 Å². The number of nitrogens with zero attached hydrogens (tertiary/aromatic N) is 4. The molecule has 2 rings (SSSR count). The molecule has 0 aliphatic carbocycles. The Morgan fingerprint density at radius 2 is 2.00 bits per heavy atom. The van der Waals surface area contributed by atoms with Crippen LogP contribution in [0.4, 0.5) is 0 Å². The van der Waals surface area contributed by atoms with Crippen LogP contribution in [0.25, 0.3) is 0 Å². The average Bonchev–Trinajstić information content (AvgIpc) is 3.08. The van der Waals surface area contributed by atoms with Gasteiger partial charge < -0.3 is 5.32 Å². The van der Waals surface area contributed by atoms with Gasteiger partial charge in [-0.2, -0.15) is 10.2 Å².